The van der Waals surface area contributed by atoms with Crippen molar-refractivity contribution in [1.82, 2.24) is 0 Å². The first-order valence-electron chi connectivity index (χ1n) is 8.75. The van der Waals surface area contributed by atoms with Gasteiger partial charge in [-0.3, -0.25) is 9.59 Å². The first kappa shape index (κ1) is 15.5. The van der Waals surface area contributed by atoms with E-state index >= 15 is 0 Å². The van der Waals surface area contributed by atoms with Gasteiger partial charge in [-0.05, 0) is 49.1 Å². The normalized spacial score (nSPS) is 28.0. The second kappa shape index (κ2) is 6.76. The summed E-state index contributed by atoms with van der Waals surface area (Å²) in [5.74, 6) is 1.33. The SMILES string of the molecule is CC1CCC(C(=O)CC(=O)C2CCc3ccccc3C2)CC1. The molecule has 1 atom stereocenters. The van der Waals surface area contributed by atoms with Crippen LogP contribution < -0.4 is 0 Å². The molecule has 1 aromatic carbocycles. The van der Waals surface area contributed by atoms with Crippen LogP contribution in [0.4, 0.5) is 0 Å². The van der Waals surface area contributed by atoms with Crippen molar-refractivity contribution >= 4 is 11.6 Å². The molecule has 1 aromatic rings. The van der Waals surface area contributed by atoms with Crippen LogP contribution in [0, 0.1) is 17.8 Å². The fraction of sp³-hybridized carbons (Fsp3) is 0.600. The minimum atomic E-state index is 0.0568. The zero-order valence-electron chi connectivity index (χ0n) is 13.5. The molecular formula is C20H26O2. The highest BCUT2D eigenvalue weighted by molar-refractivity contribution is 6.01. The molecule has 0 bridgehead atoms. The highest BCUT2D eigenvalue weighted by Crippen LogP contribution is 2.31. The van der Waals surface area contributed by atoms with Gasteiger partial charge >= 0.3 is 0 Å². The summed E-state index contributed by atoms with van der Waals surface area (Å²) < 4.78 is 0. The molecule has 0 saturated heterocycles. The third-order valence-corrected chi connectivity index (χ3v) is 5.62. The van der Waals surface area contributed by atoms with Gasteiger partial charge < -0.3 is 0 Å². The standard InChI is InChI=1S/C20H26O2/c1-14-6-8-16(9-7-14)19(21)13-20(22)18-11-10-15-4-2-3-5-17(15)12-18/h2-5,14,16,18H,6-13H2,1H3. The maximum atomic E-state index is 12.5. The molecule has 0 aromatic heterocycles. The summed E-state index contributed by atoms with van der Waals surface area (Å²) in [7, 11) is 0. The number of hydrogen-bond acceptors (Lipinski definition) is 2. The number of fused-ring (bicyclic) bond motifs is 1. The van der Waals surface area contributed by atoms with Crippen LogP contribution in [0.25, 0.3) is 0 Å². The number of ketones is 2. The first-order chi connectivity index (χ1) is 10.6. The molecule has 2 nitrogen and oxygen atoms in total. The average Bonchev–Trinajstić information content (AvgIpc) is 2.55. The summed E-state index contributed by atoms with van der Waals surface area (Å²) in [6.07, 6.45) is 7.13. The molecule has 22 heavy (non-hydrogen) atoms. The molecule has 2 heteroatoms. The van der Waals surface area contributed by atoms with Crippen molar-refractivity contribution in [3.05, 3.63) is 35.4 Å². The largest absolute Gasteiger partial charge is 0.299 e. The maximum absolute atomic E-state index is 12.5. The Morgan fingerprint density at radius 1 is 0.909 bits per heavy atom. The summed E-state index contributed by atoms with van der Waals surface area (Å²) in [4.78, 5) is 24.9. The highest BCUT2D eigenvalue weighted by atomic mass is 16.1. The van der Waals surface area contributed by atoms with Crippen LogP contribution in [0.1, 0.15) is 56.6 Å². The van der Waals surface area contributed by atoms with E-state index in [0.29, 0.717) is 0 Å². The Hall–Kier alpha value is -1.44. The smallest absolute Gasteiger partial charge is 0.143 e. The Bertz CT molecular complexity index is 553. The number of carbonyl (C=O) groups excluding carboxylic acids is 2. The van der Waals surface area contributed by atoms with E-state index in [1.165, 1.54) is 11.1 Å². The molecule has 0 spiro atoms. The lowest BCUT2D eigenvalue weighted by Gasteiger charge is -2.26. The van der Waals surface area contributed by atoms with Crippen LogP contribution in [0.2, 0.25) is 0 Å². The molecule has 2 aliphatic carbocycles. The summed E-state index contributed by atoms with van der Waals surface area (Å²) >= 11 is 0. The Morgan fingerprint density at radius 2 is 1.55 bits per heavy atom. The van der Waals surface area contributed by atoms with E-state index in [9.17, 15) is 9.59 Å². The van der Waals surface area contributed by atoms with E-state index in [4.69, 9.17) is 0 Å². The maximum Gasteiger partial charge on any atom is 0.143 e. The molecule has 1 unspecified atom stereocenters. The van der Waals surface area contributed by atoms with E-state index < -0.39 is 0 Å². The highest BCUT2D eigenvalue weighted by Gasteiger charge is 2.29. The number of hydrogen-bond donors (Lipinski definition) is 0. The average molecular weight is 298 g/mol. The molecule has 1 saturated carbocycles. The second-order valence-corrected chi connectivity index (χ2v) is 7.27. The van der Waals surface area contributed by atoms with Crippen LogP contribution in [-0.2, 0) is 22.4 Å². The van der Waals surface area contributed by atoms with Crippen molar-refractivity contribution in [1.29, 1.82) is 0 Å². The predicted molar refractivity (Wildman–Crippen MR) is 87.7 cm³/mol. The third-order valence-electron chi connectivity index (χ3n) is 5.62. The van der Waals surface area contributed by atoms with Gasteiger partial charge in [-0.1, -0.05) is 44.0 Å². The topological polar surface area (TPSA) is 34.1 Å². The fourth-order valence-corrected chi connectivity index (χ4v) is 4.02. The van der Waals surface area contributed by atoms with E-state index in [1.54, 1.807) is 0 Å². The van der Waals surface area contributed by atoms with Crippen LogP contribution in [0.15, 0.2) is 24.3 Å². The summed E-state index contributed by atoms with van der Waals surface area (Å²) in [5.41, 5.74) is 2.67. The van der Waals surface area contributed by atoms with Crippen LogP contribution in [0.5, 0.6) is 0 Å². The van der Waals surface area contributed by atoms with Gasteiger partial charge in [0.15, 0.2) is 0 Å². The number of rotatable bonds is 4. The van der Waals surface area contributed by atoms with Crippen molar-refractivity contribution in [2.75, 3.05) is 0 Å². The lowest BCUT2D eigenvalue weighted by molar-refractivity contribution is -0.132. The van der Waals surface area contributed by atoms with E-state index in [0.717, 1.165) is 50.9 Å². The molecule has 0 amide bonds. The van der Waals surface area contributed by atoms with Crippen LogP contribution >= 0.6 is 0 Å². The molecule has 2 aliphatic rings. The van der Waals surface area contributed by atoms with Crippen LogP contribution in [-0.4, -0.2) is 11.6 Å². The van der Waals surface area contributed by atoms with Gasteiger partial charge in [0.2, 0.25) is 0 Å². The minimum absolute atomic E-state index is 0.0568. The Kier molecular flexibility index (Phi) is 4.75. The lowest BCUT2D eigenvalue weighted by Crippen LogP contribution is -2.28. The van der Waals surface area contributed by atoms with E-state index in [-0.39, 0.29) is 29.8 Å². The molecule has 0 N–H and O–H groups in total. The number of aryl methyl sites for hydroxylation is 1. The van der Waals surface area contributed by atoms with Gasteiger partial charge in [-0.15, -0.1) is 0 Å². The zero-order valence-corrected chi connectivity index (χ0v) is 13.5. The summed E-state index contributed by atoms with van der Waals surface area (Å²) in [6.45, 7) is 2.26. The summed E-state index contributed by atoms with van der Waals surface area (Å²) in [6, 6.07) is 8.39. The first-order valence-corrected chi connectivity index (χ1v) is 8.75. The van der Waals surface area contributed by atoms with Crippen molar-refractivity contribution in [3.63, 3.8) is 0 Å². The number of Topliss-reactive ketones (excluding diaryl/α,β-unsaturated/α-hetero) is 2. The van der Waals surface area contributed by atoms with Crippen molar-refractivity contribution < 1.29 is 9.59 Å². The Morgan fingerprint density at radius 3 is 2.27 bits per heavy atom. The monoisotopic (exact) mass is 298 g/mol. The van der Waals surface area contributed by atoms with Gasteiger partial charge in [0.25, 0.3) is 0 Å². The lowest BCUT2D eigenvalue weighted by atomic mass is 9.77. The Balaban J connectivity index is 1.55. The fourth-order valence-electron chi connectivity index (χ4n) is 4.02. The molecule has 1 fully saturated rings. The van der Waals surface area contributed by atoms with E-state index in [2.05, 4.69) is 25.1 Å². The van der Waals surface area contributed by atoms with Gasteiger partial charge in [0.05, 0.1) is 6.42 Å². The summed E-state index contributed by atoms with van der Waals surface area (Å²) in [5, 5.41) is 0. The Labute approximate surface area is 133 Å². The van der Waals surface area contributed by atoms with Crippen molar-refractivity contribution in [3.8, 4) is 0 Å². The molecule has 3 rings (SSSR count). The predicted octanol–water partition coefficient (Wildman–Crippen LogP) is 4.15. The molecular weight excluding hydrogens is 272 g/mol. The quantitative estimate of drug-likeness (QED) is 0.783. The van der Waals surface area contributed by atoms with E-state index in [1.807, 2.05) is 6.07 Å². The molecule has 0 aliphatic heterocycles. The number of benzene rings is 1. The molecule has 0 heterocycles. The number of carbonyl (C=O) groups is 2. The van der Waals surface area contributed by atoms with Gasteiger partial charge in [-0.2, -0.15) is 0 Å². The van der Waals surface area contributed by atoms with Gasteiger partial charge in [0, 0.05) is 11.8 Å². The van der Waals surface area contributed by atoms with Gasteiger partial charge in [-0.25, -0.2) is 0 Å². The van der Waals surface area contributed by atoms with Crippen molar-refractivity contribution in [2.24, 2.45) is 17.8 Å². The van der Waals surface area contributed by atoms with Crippen LogP contribution in [0.3, 0.4) is 0 Å². The minimum Gasteiger partial charge on any atom is -0.299 e. The van der Waals surface area contributed by atoms with Gasteiger partial charge in [0.1, 0.15) is 11.6 Å². The second-order valence-electron chi connectivity index (χ2n) is 7.27. The van der Waals surface area contributed by atoms with Crippen molar-refractivity contribution in [2.45, 2.75) is 58.3 Å². The molecule has 0 radical (unpaired) electrons. The zero-order chi connectivity index (χ0) is 15.5. The molecule has 118 valence electrons. The third kappa shape index (κ3) is 3.48.